The predicted octanol–water partition coefficient (Wildman–Crippen LogP) is 5.17. The van der Waals surface area contributed by atoms with Crippen molar-refractivity contribution in [2.45, 2.75) is 30.7 Å². The zero-order valence-corrected chi connectivity index (χ0v) is 25.6. The quantitative estimate of drug-likeness (QED) is 0.141. The average molecular weight is 610 g/mol. The molecular formula is C31H36ClN5O4S. The molecule has 0 saturated carbocycles. The van der Waals surface area contributed by atoms with E-state index in [9.17, 15) is 9.59 Å². The molecule has 0 atom stereocenters. The van der Waals surface area contributed by atoms with Crippen molar-refractivity contribution in [1.29, 1.82) is 0 Å². The maximum absolute atomic E-state index is 13.2. The number of likely N-dealkylation sites (tertiary alicyclic amines) is 1. The molecule has 2 aliphatic heterocycles. The van der Waals surface area contributed by atoms with E-state index in [0.717, 1.165) is 43.3 Å². The van der Waals surface area contributed by atoms with Crippen molar-refractivity contribution in [3.05, 3.63) is 70.9 Å². The second kappa shape index (κ2) is 14.1. The van der Waals surface area contributed by atoms with Crippen molar-refractivity contribution in [2.75, 3.05) is 62.8 Å². The van der Waals surface area contributed by atoms with Gasteiger partial charge in [0.1, 0.15) is 16.7 Å². The first-order valence-electron chi connectivity index (χ1n) is 14.3. The average Bonchev–Trinajstić information content (AvgIpc) is 3.03. The maximum Gasteiger partial charge on any atom is 0.309 e. The molecular weight excluding hydrogens is 574 g/mol. The number of nitrogens with zero attached hydrogens (tertiary/aromatic N) is 5. The second-order valence-electron chi connectivity index (χ2n) is 10.3. The number of benzene rings is 2. The first-order chi connectivity index (χ1) is 20.4. The van der Waals surface area contributed by atoms with Crippen LogP contribution in [0.3, 0.4) is 0 Å². The monoisotopic (exact) mass is 609 g/mol. The van der Waals surface area contributed by atoms with Gasteiger partial charge in [0.15, 0.2) is 5.16 Å². The van der Waals surface area contributed by atoms with E-state index in [2.05, 4.69) is 26.9 Å². The predicted molar refractivity (Wildman–Crippen MR) is 166 cm³/mol. The maximum atomic E-state index is 13.2. The van der Waals surface area contributed by atoms with Gasteiger partial charge in [-0.05, 0) is 61.7 Å². The van der Waals surface area contributed by atoms with Crippen LogP contribution in [0, 0.1) is 5.92 Å². The van der Waals surface area contributed by atoms with Crippen LogP contribution in [0.2, 0.25) is 5.15 Å². The third kappa shape index (κ3) is 7.46. The Morgan fingerprint density at radius 1 is 0.952 bits per heavy atom. The molecule has 9 nitrogen and oxygen atoms in total. The molecule has 2 aromatic carbocycles. The van der Waals surface area contributed by atoms with Crippen LogP contribution in [-0.4, -0.2) is 79.7 Å². The van der Waals surface area contributed by atoms with Crippen LogP contribution in [0.5, 0.6) is 5.75 Å². The summed E-state index contributed by atoms with van der Waals surface area (Å²) in [6.45, 7) is 6.69. The minimum Gasteiger partial charge on any atom is -0.497 e. The molecule has 5 rings (SSSR count). The molecule has 1 amide bonds. The van der Waals surface area contributed by atoms with E-state index in [1.165, 1.54) is 17.4 Å². The lowest BCUT2D eigenvalue weighted by molar-refractivity contribution is -0.149. The highest BCUT2D eigenvalue weighted by atomic mass is 35.5. The first kappa shape index (κ1) is 30.0. The summed E-state index contributed by atoms with van der Waals surface area (Å²) in [4.78, 5) is 40.9. The zero-order valence-electron chi connectivity index (χ0n) is 24.0. The number of amides is 1. The number of hydrogen-bond donors (Lipinski definition) is 0. The number of rotatable bonds is 9. The van der Waals surface area contributed by atoms with Gasteiger partial charge in [0.25, 0.3) is 5.91 Å². The van der Waals surface area contributed by atoms with Gasteiger partial charge >= 0.3 is 5.97 Å². The van der Waals surface area contributed by atoms with Gasteiger partial charge in [-0.3, -0.25) is 9.59 Å². The van der Waals surface area contributed by atoms with Crippen LogP contribution >= 0.6 is 23.4 Å². The molecule has 3 heterocycles. The fraction of sp³-hybridized carbons (Fsp3) is 0.419. The number of aromatic nitrogens is 2. The molecule has 0 spiro atoms. The molecule has 1 aromatic heterocycles. The highest BCUT2D eigenvalue weighted by molar-refractivity contribution is 7.98. The van der Waals surface area contributed by atoms with Gasteiger partial charge in [-0.15, -0.1) is 0 Å². The van der Waals surface area contributed by atoms with Crippen molar-refractivity contribution < 1.29 is 19.1 Å². The summed E-state index contributed by atoms with van der Waals surface area (Å²) in [5, 5.41) is 1.02. The smallest absolute Gasteiger partial charge is 0.309 e. The van der Waals surface area contributed by atoms with Crippen molar-refractivity contribution in [1.82, 2.24) is 14.9 Å². The number of carbonyl (C=O) groups is 2. The fourth-order valence-electron chi connectivity index (χ4n) is 5.30. The number of ether oxygens (including phenoxy) is 2. The standard InChI is InChI=1S/C31H36ClN5O4S/c1-3-41-30(39)23-11-13-37(14-12-23)29(38)24-6-4-5-22(19-24)21-42-31-33-27(32)20-28(34-31)36-17-15-35(16-18-36)25-7-9-26(40-2)10-8-25/h4-10,19-20,23H,3,11-18,21H2,1-2H3. The lowest BCUT2D eigenvalue weighted by Crippen LogP contribution is -2.46. The van der Waals surface area contributed by atoms with E-state index in [1.807, 2.05) is 54.3 Å². The summed E-state index contributed by atoms with van der Waals surface area (Å²) in [5.41, 5.74) is 2.82. The van der Waals surface area contributed by atoms with Gasteiger partial charge in [-0.25, -0.2) is 9.97 Å². The molecule has 0 N–H and O–H groups in total. The summed E-state index contributed by atoms with van der Waals surface area (Å²) >= 11 is 7.91. The Morgan fingerprint density at radius 3 is 2.36 bits per heavy atom. The highest BCUT2D eigenvalue weighted by Crippen LogP contribution is 2.27. The number of anilines is 2. The van der Waals surface area contributed by atoms with E-state index in [0.29, 0.717) is 54.2 Å². The van der Waals surface area contributed by atoms with E-state index >= 15 is 0 Å². The van der Waals surface area contributed by atoms with Gasteiger partial charge in [-0.2, -0.15) is 0 Å². The number of piperazine rings is 1. The van der Waals surface area contributed by atoms with Gasteiger partial charge in [-0.1, -0.05) is 35.5 Å². The van der Waals surface area contributed by atoms with E-state index in [-0.39, 0.29) is 17.8 Å². The van der Waals surface area contributed by atoms with E-state index < -0.39 is 0 Å². The number of thioether (sulfide) groups is 1. The second-order valence-corrected chi connectivity index (χ2v) is 11.6. The van der Waals surface area contributed by atoms with Crippen LogP contribution in [0.15, 0.2) is 59.8 Å². The Morgan fingerprint density at radius 2 is 1.67 bits per heavy atom. The van der Waals surface area contributed by atoms with Crippen LogP contribution in [0.4, 0.5) is 11.5 Å². The van der Waals surface area contributed by atoms with Gasteiger partial charge in [0.2, 0.25) is 0 Å². The molecule has 0 aliphatic carbocycles. The number of esters is 1. The lowest BCUT2D eigenvalue weighted by Gasteiger charge is -2.36. The molecule has 11 heteroatoms. The Labute approximate surface area is 256 Å². The number of hydrogen-bond acceptors (Lipinski definition) is 9. The topological polar surface area (TPSA) is 88.1 Å². The van der Waals surface area contributed by atoms with Crippen molar-refractivity contribution in [2.24, 2.45) is 5.92 Å². The number of carbonyl (C=O) groups excluding carboxylic acids is 2. The Kier molecular flexibility index (Phi) is 10.1. The van der Waals surface area contributed by atoms with Gasteiger partial charge < -0.3 is 24.2 Å². The molecule has 2 fully saturated rings. The normalized spacial score (nSPS) is 15.9. The molecule has 42 heavy (non-hydrogen) atoms. The summed E-state index contributed by atoms with van der Waals surface area (Å²) in [7, 11) is 1.67. The minimum absolute atomic E-state index is 0.0146. The van der Waals surface area contributed by atoms with E-state index in [1.54, 1.807) is 7.11 Å². The van der Waals surface area contributed by atoms with Crippen molar-refractivity contribution in [3.8, 4) is 5.75 Å². The van der Waals surface area contributed by atoms with Gasteiger partial charge in [0, 0.05) is 62.3 Å². The van der Waals surface area contributed by atoms with Crippen LogP contribution < -0.4 is 14.5 Å². The highest BCUT2D eigenvalue weighted by Gasteiger charge is 2.28. The summed E-state index contributed by atoms with van der Waals surface area (Å²) in [5.74, 6) is 1.98. The molecule has 2 aliphatic rings. The third-order valence-electron chi connectivity index (χ3n) is 7.65. The molecule has 222 valence electrons. The largest absolute Gasteiger partial charge is 0.497 e. The van der Waals surface area contributed by atoms with Crippen molar-refractivity contribution >= 4 is 46.7 Å². The first-order valence-corrected chi connectivity index (χ1v) is 15.7. The minimum atomic E-state index is -0.161. The van der Waals surface area contributed by atoms with Crippen LogP contribution in [0.1, 0.15) is 35.7 Å². The third-order valence-corrected chi connectivity index (χ3v) is 8.76. The Bertz CT molecular complexity index is 1380. The Balaban J connectivity index is 1.16. The molecule has 2 saturated heterocycles. The number of piperidine rings is 1. The number of methoxy groups -OCH3 is 1. The fourth-order valence-corrected chi connectivity index (χ4v) is 6.33. The molecule has 0 bridgehead atoms. The zero-order chi connectivity index (χ0) is 29.5. The number of halogens is 1. The SMILES string of the molecule is CCOC(=O)C1CCN(C(=O)c2cccc(CSc3nc(Cl)cc(N4CCN(c5ccc(OC)cc5)CC4)n3)c2)CC1. The Hall–Kier alpha value is -3.50. The van der Waals surface area contributed by atoms with E-state index in [4.69, 9.17) is 26.1 Å². The summed E-state index contributed by atoms with van der Waals surface area (Å²) in [6.07, 6.45) is 1.26. The molecule has 0 unspecified atom stereocenters. The lowest BCUT2D eigenvalue weighted by atomic mass is 9.96. The summed E-state index contributed by atoms with van der Waals surface area (Å²) in [6, 6.07) is 17.6. The van der Waals surface area contributed by atoms with Crippen LogP contribution in [-0.2, 0) is 15.3 Å². The van der Waals surface area contributed by atoms with Crippen LogP contribution in [0.25, 0.3) is 0 Å². The van der Waals surface area contributed by atoms with Crippen molar-refractivity contribution in [3.63, 3.8) is 0 Å². The molecule has 0 radical (unpaired) electrons. The van der Waals surface area contributed by atoms with Gasteiger partial charge in [0.05, 0.1) is 19.6 Å². The molecule has 3 aromatic rings. The summed E-state index contributed by atoms with van der Waals surface area (Å²) < 4.78 is 10.4.